The SMILES string of the molecule is O=C(COC(=O)C1COc2ccccc2O1)NCc1ccccc1Cl. The largest absolute Gasteiger partial charge is 0.485 e. The van der Waals surface area contributed by atoms with E-state index in [0.29, 0.717) is 16.5 Å². The molecule has 0 spiro atoms. The van der Waals surface area contributed by atoms with Gasteiger partial charge in [0.1, 0.15) is 6.61 Å². The minimum atomic E-state index is -0.897. The van der Waals surface area contributed by atoms with Crippen LogP contribution in [0.5, 0.6) is 11.5 Å². The van der Waals surface area contributed by atoms with Crippen molar-refractivity contribution in [3.05, 3.63) is 59.1 Å². The topological polar surface area (TPSA) is 73.9 Å². The minimum Gasteiger partial charge on any atom is -0.485 e. The number of ether oxygens (including phenoxy) is 3. The van der Waals surface area contributed by atoms with E-state index in [4.69, 9.17) is 25.8 Å². The van der Waals surface area contributed by atoms with E-state index in [9.17, 15) is 9.59 Å². The first-order valence-corrected chi connectivity index (χ1v) is 8.06. The minimum absolute atomic E-state index is 0.0388. The summed E-state index contributed by atoms with van der Waals surface area (Å²) in [5.74, 6) is -0.0318. The van der Waals surface area contributed by atoms with E-state index in [2.05, 4.69) is 5.32 Å². The number of para-hydroxylation sites is 2. The molecule has 1 heterocycles. The summed E-state index contributed by atoms with van der Waals surface area (Å²) in [6.45, 7) is -0.103. The Kier molecular flexibility index (Phi) is 5.40. The Morgan fingerprint density at radius 1 is 1.12 bits per heavy atom. The summed E-state index contributed by atoms with van der Waals surface area (Å²) in [5.41, 5.74) is 0.782. The molecule has 2 aromatic carbocycles. The number of carbonyl (C=O) groups is 2. The fourth-order valence-electron chi connectivity index (χ4n) is 2.25. The summed E-state index contributed by atoms with van der Waals surface area (Å²) in [5, 5.41) is 3.20. The van der Waals surface area contributed by atoms with Gasteiger partial charge in [0, 0.05) is 11.6 Å². The molecule has 0 saturated carbocycles. The normalized spacial score (nSPS) is 15.3. The van der Waals surface area contributed by atoms with Crippen LogP contribution < -0.4 is 14.8 Å². The molecule has 0 saturated heterocycles. The summed E-state index contributed by atoms with van der Waals surface area (Å²) in [6, 6.07) is 14.2. The van der Waals surface area contributed by atoms with Gasteiger partial charge in [-0.25, -0.2) is 4.79 Å². The Hall–Kier alpha value is -2.73. The maximum Gasteiger partial charge on any atom is 0.351 e. The molecule has 6 nitrogen and oxygen atoms in total. The molecule has 1 atom stereocenters. The maximum absolute atomic E-state index is 12.0. The zero-order chi connectivity index (χ0) is 17.6. The van der Waals surface area contributed by atoms with Gasteiger partial charge >= 0.3 is 5.97 Å². The van der Waals surface area contributed by atoms with Crippen molar-refractivity contribution in [2.75, 3.05) is 13.2 Å². The molecule has 7 heteroatoms. The van der Waals surface area contributed by atoms with Gasteiger partial charge in [0.2, 0.25) is 6.10 Å². The average Bonchev–Trinajstić information content (AvgIpc) is 2.65. The average molecular weight is 362 g/mol. The number of fused-ring (bicyclic) bond motifs is 1. The van der Waals surface area contributed by atoms with Crippen LogP contribution in [-0.2, 0) is 20.9 Å². The number of hydrogen-bond donors (Lipinski definition) is 1. The van der Waals surface area contributed by atoms with Gasteiger partial charge in [-0.2, -0.15) is 0 Å². The molecule has 3 rings (SSSR count). The molecule has 1 unspecified atom stereocenters. The number of benzene rings is 2. The summed E-state index contributed by atoms with van der Waals surface area (Å²) < 4.78 is 16.0. The summed E-state index contributed by atoms with van der Waals surface area (Å²) >= 11 is 6.01. The second-order valence-corrected chi connectivity index (χ2v) is 5.75. The Morgan fingerprint density at radius 2 is 1.84 bits per heavy atom. The van der Waals surface area contributed by atoms with E-state index < -0.39 is 24.6 Å². The smallest absolute Gasteiger partial charge is 0.351 e. The number of halogens is 1. The molecular weight excluding hydrogens is 346 g/mol. The molecular formula is C18H16ClNO5. The molecule has 1 aliphatic heterocycles. The second-order valence-electron chi connectivity index (χ2n) is 5.34. The summed E-state index contributed by atoms with van der Waals surface area (Å²) in [6.07, 6.45) is -0.897. The van der Waals surface area contributed by atoms with Crippen LogP contribution >= 0.6 is 11.6 Å². The zero-order valence-corrected chi connectivity index (χ0v) is 14.0. The Morgan fingerprint density at radius 3 is 2.64 bits per heavy atom. The molecule has 1 amide bonds. The maximum atomic E-state index is 12.0. The van der Waals surface area contributed by atoms with E-state index in [1.54, 1.807) is 36.4 Å². The van der Waals surface area contributed by atoms with Crippen molar-refractivity contribution in [3.8, 4) is 11.5 Å². The first-order chi connectivity index (χ1) is 12.1. The highest BCUT2D eigenvalue weighted by atomic mass is 35.5. The molecule has 0 bridgehead atoms. The molecule has 0 radical (unpaired) electrons. The van der Waals surface area contributed by atoms with Gasteiger partial charge in [-0.3, -0.25) is 4.79 Å². The number of hydrogen-bond acceptors (Lipinski definition) is 5. The third-order valence-corrected chi connectivity index (χ3v) is 3.92. The lowest BCUT2D eigenvalue weighted by molar-refractivity contribution is -0.157. The lowest BCUT2D eigenvalue weighted by Crippen LogP contribution is -2.39. The van der Waals surface area contributed by atoms with Crippen LogP contribution in [0.1, 0.15) is 5.56 Å². The van der Waals surface area contributed by atoms with E-state index in [1.165, 1.54) is 0 Å². The number of esters is 1. The van der Waals surface area contributed by atoms with Crippen molar-refractivity contribution < 1.29 is 23.8 Å². The molecule has 1 aliphatic rings. The first-order valence-electron chi connectivity index (χ1n) is 7.68. The van der Waals surface area contributed by atoms with Crippen LogP contribution in [0.3, 0.4) is 0 Å². The van der Waals surface area contributed by atoms with Crippen molar-refractivity contribution >= 4 is 23.5 Å². The van der Waals surface area contributed by atoms with Crippen molar-refractivity contribution in [1.29, 1.82) is 0 Å². The fourth-order valence-corrected chi connectivity index (χ4v) is 2.45. The van der Waals surface area contributed by atoms with Crippen LogP contribution in [-0.4, -0.2) is 31.2 Å². The monoisotopic (exact) mass is 361 g/mol. The molecule has 0 aromatic heterocycles. The van der Waals surface area contributed by atoms with E-state index in [-0.39, 0.29) is 13.2 Å². The Labute approximate surface area is 149 Å². The van der Waals surface area contributed by atoms with Gasteiger partial charge in [-0.05, 0) is 23.8 Å². The number of nitrogens with one attached hydrogen (secondary N) is 1. The molecule has 0 aliphatic carbocycles. The molecule has 2 aromatic rings. The van der Waals surface area contributed by atoms with Crippen LogP contribution in [0.15, 0.2) is 48.5 Å². The molecule has 130 valence electrons. The third-order valence-electron chi connectivity index (χ3n) is 3.55. The number of amides is 1. The Bertz CT molecular complexity index is 780. The first kappa shape index (κ1) is 17.1. The third kappa shape index (κ3) is 4.42. The molecule has 1 N–H and O–H groups in total. The fraction of sp³-hybridized carbons (Fsp3) is 0.222. The van der Waals surface area contributed by atoms with Crippen LogP contribution in [0.25, 0.3) is 0 Å². The van der Waals surface area contributed by atoms with E-state index in [0.717, 1.165) is 5.56 Å². The van der Waals surface area contributed by atoms with Crippen molar-refractivity contribution in [2.24, 2.45) is 0 Å². The lowest BCUT2D eigenvalue weighted by Gasteiger charge is -2.24. The quantitative estimate of drug-likeness (QED) is 0.827. The van der Waals surface area contributed by atoms with Crippen LogP contribution in [0.4, 0.5) is 0 Å². The van der Waals surface area contributed by atoms with E-state index in [1.807, 2.05) is 12.1 Å². The van der Waals surface area contributed by atoms with Crippen molar-refractivity contribution in [2.45, 2.75) is 12.6 Å². The highest BCUT2D eigenvalue weighted by Gasteiger charge is 2.29. The zero-order valence-electron chi connectivity index (χ0n) is 13.2. The van der Waals surface area contributed by atoms with Crippen LogP contribution in [0, 0.1) is 0 Å². The van der Waals surface area contributed by atoms with Gasteiger partial charge in [-0.15, -0.1) is 0 Å². The van der Waals surface area contributed by atoms with Crippen molar-refractivity contribution in [3.63, 3.8) is 0 Å². The van der Waals surface area contributed by atoms with Gasteiger partial charge < -0.3 is 19.5 Å². The molecule has 0 fully saturated rings. The summed E-state index contributed by atoms with van der Waals surface area (Å²) in [4.78, 5) is 23.8. The van der Waals surface area contributed by atoms with Gasteiger partial charge in [0.25, 0.3) is 5.91 Å². The lowest BCUT2D eigenvalue weighted by atomic mass is 10.2. The van der Waals surface area contributed by atoms with E-state index >= 15 is 0 Å². The summed E-state index contributed by atoms with van der Waals surface area (Å²) in [7, 11) is 0. The predicted molar refractivity (Wildman–Crippen MR) is 90.6 cm³/mol. The molecule has 25 heavy (non-hydrogen) atoms. The number of carbonyl (C=O) groups excluding carboxylic acids is 2. The standard InChI is InChI=1S/C18H16ClNO5/c19-13-6-2-1-5-12(13)9-20-17(21)11-24-18(22)16-10-23-14-7-3-4-8-15(14)25-16/h1-8,16H,9-11H2,(H,20,21). The number of rotatable bonds is 5. The van der Waals surface area contributed by atoms with Gasteiger partial charge in [0.15, 0.2) is 18.1 Å². The second kappa shape index (κ2) is 7.90. The Balaban J connectivity index is 1.45. The van der Waals surface area contributed by atoms with Gasteiger partial charge in [0.05, 0.1) is 0 Å². The van der Waals surface area contributed by atoms with Crippen molar-refractivity contribution in [1.82, 2.24) is 5.32 Å². The predicted octanol–water partition coefficient (Wildman–Crippen LogP) is 2.34. The van der Waals surface area contributed by atoms with Crippen LogP contribution in [0.2, 0.25) is 5.02 Å². The highest BCUT2D eigenvalue weighted by Crippen LogP contribution is 2.31. The van der Waals surface area contributed by atoms with Gasteiger partial charge in [-0.1, -0.05) is 41.9 Å². The highest BCUT2D eigenvalue weighted by molar-refractivity contribution is 6.31.